The van der Waals surface area contributed by atoms with Crippen LogP contribution in [0.15, 0.2) is 22.0 Å². The van der Waals surface area contributed by atoms with Crippen molar-refractivity contribution < 1.29 is 9.26 Å². The lowest BCUT2D eigenvalue weighted by molar-refractivity contribution is 0.0408. The van der Waals surface area contributed by atoms with Crippen LogP contribution in [-0.2, 0) is 4.74 Å². The van der Waals surface area contributed by atoms with Crippen LogP contribution in [0.2, 0.25) is 0 Å². The zero-order valence-electron chi connectivity index (χ0n) is 10.3. The van der Waals surface area contributed by atoms with Gasteiger partial charge in [0.1, 0.15) is 0 Å². The molecule has 2 N–H and O–H groups in total. The molecule has 3 heterocycles. The monoisotopic (exact) mass is 264 g/mol. The summed E-state index contributed by atoms with van der Waals surface area (Å²) in [6.07, 6.45) is 0.966. The van der Waals surface area contributed by atoms with E-state index in [9.17, 15) is 0 Å². The Morgan fingerprint density at radius 3 is 3.11 bits per heavy atom. The van der Waals surface area contributed by atoms with Gasteiger partial charge in [-0.05, 0) is 23.8 Å². The largest absolute Gasteiger partial charge is 0.381 e. The molecule has 0 saturated carbocycles. The fourth-order valence-electron chi connectivity index (χ4n) is 2.51. The van der Waals surface area contributed by atoms with E-state index in [1.54, 1.807) is 11.3 Å². The number of aromatic nitrogens is 1. The Kier molecular flexibility index (Phi) is 3.09. The molecular weight excluding hydrogens is 248 g/mol. The van der Waals surface area contributed by atoms with Gasteiger partial charge < -0.3 is 15.0 Å². The fraction of sp³-hybridized carbons (Fsp3) is 0.462. The predicted octanol–water partition coefficient (Wildman–Crippen LogP) is 3.13. The molecule has 2 aromatic rings. The Morgan fingerprint density at radius 2 is 2.39 bits per heavy atom. The number of hydrogen-bond donors (Lipinski definition) is 1. The van der Waals surface area contributed by atoms with Crippen molar-refractivity contribution in [2.75, 3.05) is 18.9 Å². The Bertz CT molecular complexity index is 521. The number of nitrogen functional groups attached to an aromatic ring is 1. The van der Waals surface area contributed by atoms with Crippen LogP contribution in [0.3, 0.4) is 0 Å². The molecule has 0 aliphatic carbocycles. The average Bonchev–Trinajstić information content (AvgIpc) is 2.98. The summed E-state index contributed by atoms with van der Waals surface area (Å²) in [5.41, 5.74) is 6.93. The van der Waals surface area contributed by atoms with Crippen molar-refractivity contribution in [3.05, 3.63) is 23.3 Å². The third-order valence-corrected chi connectivity index (χ3v) is 4.38. The van der Waals surface area contributed by atoms with Gasteiger partial charge in [0.25, 0.3) is 0 Å². The molecule has 18 heavy (non-hydrogen) atoms. The molecule has 0 spiro atoms. The number of thiophene rings is 1. The minimum atomic E-state index is 0.348. The molecule has 0 bridgehead atoms. The summed E-state index contributed by atoms with van der Waals surface area (Å²) >= 11 is 1.66. The zero-order chi connectivity index (χ0) is 12.5. The van der Waals surface area contributed by atoms with E-state index in [4.69, 9.17) is 15.0 Å². The van der Waals surface area contributed by atoms with Gasteiger partial charge in [-0.25, -0.2) is 0 Å². The molecule has 0 radical (unpaired) electrons. The zero-order valence-corrected chi connectivity index (χ0v) is 11.1. The molecule has 1 saturated heterocycles. The highest BCUT2D eigenvalue weighted by Gasteiger charge is 2.31. The molecule has 5 heteroatoms. The Morgan fingerprint density at radius 1 is 1.50 bits per heavy atom. The van der Waals surface area contributed by atoms with Gasteiger partial charge in [0.05, 0.1) is 5.56 Å². The van der Waals surface area contributed by atoms with Gasteiger partial charge >= 0.3 is 0 Å². The van der Waals surface area contributed by atoms with Crippen molar-refractivity contribution in [2.45, 2.75) is 19.3 Å². The second kappa shape index (κ2) is 4.74. The Labute approximate surface area is 110 Å². The minimum absolute atomic E-state index is 0.348. The van der Waals surface area contributed by atoms with Gasteiger partial charge in [-0.15, -0.1) is 11.3 Å². The van der Waals surface area contributed by atoms with E-state index >= 15 is 0 Å². The maximum atomic E-state index is 5.96. The summed E-state index contributed by atoms with van der Waals surface area (Å²) < 4.78 is 11.0. The summed E-state index contributed by atoms with van der Waals surface area (Å²) in [6.45, 7) is 3.73. The van der Waals surface area contributed by atoms with Crippen LogP contribution in [0, 0.1) is 5.92 Å². The lowest BCUT2D eigenvalue weighted by atomic mass is 9.86. The van der Waals surface area contributed by atoms with Crippen molar-refractivity contribution in [3.63, 3.8) is 0 Å². The summed E-state index contributed by atoms with van der Waals surface area (Å²) in [5, 5.41) is 5.99. The Hall–Kier alpha value is -1.33. The normalized spacial score (nSPS) is 24.3. The number of nitrogens with two attached hydrogens (primary N) is 1. The quantitative estimate of drug-likeness (QED) is 0.905. The topological polar surface area (TPSA) is 61.3 Å². The van der Waals surface area contributed by atoms with Crippen LogP contribution >= 0.6 is 11.3 Å². The van der Waals surface area contributed by atoms with E-state index in [0.29, 0.717) is 17.7 Å². The summed E-state index contributed by atoms with van der Waals surface area (Å²) in [4.78, 5) is 1.13. The van der Waals surface area contributed by atoms with E-state index in [-0.39, 0.29) is 0 Å². The van der Waals surface area contributed by atoms with Gasteiger partial charge in [0.15, 0.2) is 11.6 Å². The number of ether oxygens (including phenoxy) is 1. The second-order valence-electron chi connectivity index (χ2n) is 4.73. The molecule has 3 rings (SSSR count). The minimum Gasteiger partial charge on any atom is -0.381 e. The molecule has 1 aliphatic rings. The third kappa shape index (κ3) is 1.93. The SMILES string of the molecule is CC1COCCC1c1onc(N)c1-c1cccs1. The molecule has 2 atom stereocenters. The molecule has 1 fully saturated rings. The first-order valence-corrected chi connectivity index (χ1v) is 7.02. The fourth-order valence-corrected chi connectivity index (χ4v) is 3.29. The highest BCUT2D eigenvalue weighted by atomic mass is 32.1. The van der Waals surface area contributed by atoms with Crippen LogP contribution in [0.4, 0.5) is 5.82 Å². The third-order valence-electron chi connectivity index (χ3n) is 3.49. The van der Waals surface area contributed by atoms with Gasteiger partial charge in [0, 0.05) is 24.0 Å². The molecule has 2 aromatic heterocycles. The smallest absolute Gasteiger partial charge is 0.175 e. The number of nitrogens with zero attached hydrogens (tertiary/aromatic N) is 1. The predicted molar refractivity (Wildman–Crippen MR) is 71.6 cm³/mol. The lowest BCUT2D eigenvalue weighted by Crippen LogP contribution is -2.23. The lowest BCUT2D eigenvalue weighted by Gasteiger charge is -2.27. The van der Waals surface area contributed by atoms with Crippen molar-refractivity contribution in [3.8, 4) is 10.4 Å². The van der Waals surface area contributed by atoms with E-state index in [1.165, 1.54) is 0 Å². The Balaban J connectivity index is 2.02. The van der Waals surface area contributed by atoms with E-state index in [0.717, 1.165) is 35.8 Å². The van der Waals surface area contributed by atoms with Crippen molar-refractivity contribution >= 4 is 17.2 Å². The van der Waals surface area contributed by atoms with E-state index in [1.807, 2.05) is 11.4 Å². The van der Waals surface area contributed by atoms with Crippen molar-refractivity contribution in [2.24, 2.45) is 5.92 Å². The molecular formula is C13H16N2O2S. The van der Waals surface area contributed by atoms with Crippen LogP contribution in [0.1, 0.15) is 25.0 Å². The second-order valence-corrected chi connectivity index (χ2v) is 5.68. The first kappa shape index (κ1) is 11.7. The molecule has 1 aliphatic heterocycles. The average molecular weight is 264 g/mol. The van der Waals surface area contributed by atoms with Gasteiger partial charge in [-0.3, -0.25) is 0 Å². The maximum Gasteiger partial charge on any atom is 0.175 e. The first-order valence-electron chi connectivity index (χ1n) is 6.14. The van der Waals surface area contributed by atoms with Crippen molar-refractivity contribution in [1.29, 1.82) is 0 Å². The summed E-state index contributed by atoms with van der Waals surface area (Å²) in [7, 11) is 0. The van der Waals surface area contributed by atoms with Gasteiger partial charge in [-0.2, -0.15) is 0 Å². The molecule has 4 nitrogen and oxygen atoms in total. The van der Waals surface area contributed by atoms with E-state index in [2.05, 4.69) is 18.1 Å². The first-order chi connectivity index (χ1) is 8.77. The highest BCUT2D eigenvalue weighted by molar-refractivity contribution is 7.13. The van der Waals surface area contributed by atoms with E-state index < -0.39 is 0 Å². The molecule has 96 valence electrons. The number of anilines is 1. The highest BCUT2D eigenvalue weighted by Crippen LogP contribution is 2.41. The number of hydrogen-bond acceptors (Lipinski definition) is 5. The number of rotatable bonds is 2. The summed E-state index contributed by atoms with van der Waals surface area (Å²) in [6, 6.07) is 4.07. The molecule has 0 amide bonds. The molecule has 2 unspecified atom stereocenters. The maximum absolute atomic E-state index is 5.96. The van der Waals surface area contributed by atoms with Crippen molar-refractivity contribution in [1.82, 2.24) is 5.16 Å². The standard InChI is InChI=1S/C13H16N2O2S/c1-8-7-16-5-4-9(8)12-11(13(14)15-17-12)10-3-2-6-18-10/h2-3,6,8-9H,4-5,7H2,1H3,(H2,14,15). The van der Waals surface area contributed by atoms with Crippen LogP contribution in [0.5, 0.6) is 0 Å². The molecule has 0 aromatic carbocycles. The van der Waals surface area contributed by atoms with Gasteiger partial charge in [-0.1, -0.05) is 18.1 Å². The van der Waals surface area contributed by atoms with Crippen LogP contribution < -0.4 is 5.73 Å². The summed E-state index contributed by atoms with van der Waals surface area (Å²) in [5.74, 6) is 2.20. The van der Waals surface area contributed by atoms with Crippen LogP contribution in [-0.4, -0.2) is 18.4 Å². The van der Waals surface area contributed by atoms with Gasteiger partial charge in [0.2, 0.25) is 0 Å². The van der Waals surface area contributed by atoms with Crippen LogP contribution in [0.25, 0.3) is 10.4 Å².